The molecule has 0 saturated carbocycles. The smallest absolute Gasteiger partial charge is 0.245 e. The van der Waals surface area contributed by atoms with Crippen molar-refractivity contribution in [2.45, 2.75) is 50.1 Å². The van der Waals surface area contributed by atoms with Crippen LogP contribution in [-0.2, 0) is 32.6 Å². The predicted octanol–water partition coefficient (Wildman–Crippen LogP) is 2.94. The summed E-state index contributed by atoms with van der Waals surface area (Å²) >= 11 is 7.55. The third-order valence-electron chi connectivity index (χ3n) is 5.08. The molecule has 0 aliphatic carbocycles. The molecule has 1 unspecified atom stereocenters. The van der Waals surface area contributed by atoms with E-state index in [0.29, 0.717) is 24.5 Å². The Morgan fingerprint density at radius 1 is 1.29 bits per heavy atom. The van der Waals surface area contributed by atoms with Crippen LogP contribution < -0.4 is 10.0 Å². The van der Waals surface area contributed by atoms with Crippen LogP contribution in [0.15, 0.2) is 40.6 Å². The van der Waals surface area contributed by atoms with Crippen molar-refractivity contribution in [2.24, 2.45) is 0 Å². The number of thiophene rings is 1. The number of halogens is 1. The second-order valence-corrected chi connectivity index (χ2v) is 10.6. The highest BCUT2D eigenvalue weighted by Crippen LogP contribution is 2.24. The molecule has 2 N–H and O–H groups in total. The van der Waals surface area contributed by atoms with Gasteiger partial charge in [0.2, 0.25) is 21.8 Å². The van der Waals surface area contributed by atoms with Gasteiger partial charge in [0.25, 0.3) is 0 Å². The Morgan fingerprint density at radius 2 is 2.10 bits per heavy atom. The van der Waals surface area contributed by atoms with Gasteiger partial charge in [0.15, 0.2) is 0 Å². The molecule has 1 aliphatic heterocycles. The molecule has 31 heavy (non-hydrogen) atoms. The Labute approximate surface area is 191 Å². The van der Waals surface area contributed by atoms with E-state index in [-0.39, 0.29) is 29.7 Å². The zero-order chi connectivity index (χ0) is 22.4. The average Bonchev–Trinajstić information content (AvgIpc) is 3.20. The van der Waals surface area contributed by atoms with Crippen LogP contribution in [0.1, 0.15) is 36.6 Å². The topological polar surface area (TPSA) is 95.6 Å². The molecule has 1 aromatic carbocycles. The van der Waals surface area contributed by atoms with Crippen molar-refractivity contribution < 1.29 is 18.0 Å². The van der Waals surface area contributed by atoms with Crippen LogP contribution in [0.5, 0.6) is 0 Å². The van der Waals surface area contributed by atoms with Gasteiger partial charge in [-0.1, -0.05) is 31.0 Å². The molecule has 0 bridgehead atoms. The largest absolute Gasteiger partial charge is 0.344 e. The predicted molar refractivity (Wildman–Crippen MR) is 122 cm³/mol. The van der Waals surface area contributed by atoms with E-state index in [1.165, 1.54) is 22.6 Å². The standard InChI is InChI=1S/C21H26ClN3O4S2/c1-2-4-18(21(27)25-11-8-19-15(14-25)9-12-30-19)24-20(26)7-10-23-31(28,29)17-6-3-5-16(22)13-17/h3,5-6,9,12-13,18,23H,2,4,7-8,10-11,14H2,1H3,(H,24,26). The first-order valence-corrected chi connectivity index (χ1v) is 12.9. The van der Waals surface area contributed by atoms with Crippen molar-refractivity contribution in [3.8, 4) is 0 Å². The number of hydrogen-bond acceptors (Lipinski definition) is 5. The summed E-state index contributed by atoms with van der Waals surface area (Å²) in [5.74, 6) is -0.458. The molecule has 1 atom stereocenters. The van der Waals surface area contributed by atoms with Gasteiger partial charge in [-0.3, -0.25) is 9.59 Å². The number of carbonyl (C=O) groups excluding carboxylic acids is 2. The number of benzene rings is 1. The minimum absolute atomic E-state index is 0.0392. The zero-order valence-corrected chi connectivity index (χ0v) is 19.7. The molecule has 1 aliphatic rings. The first kappa shape index (κ1) is 23.7. The summed E-state index contributed by atoms with van der Waals surface area (Å²) in [6.07, 6.45) is 2.04. The third kappa shape index (κ3) is 6.29. The van der Waals surface area contributed by atoms with Crippen LogP contribution in [0.4, 0.5) is 0 Å². The lowest BCUT2D eigenvalue weighted by Gasteiger charge is -2.31. The molecule has 10 heteroatoms. The van der Waals surface area contributed by atoms with Crippen LogP contribution in [-0.4, -0.2) is 44.3 Å². The van der Waals surface area contributed by atoms with Crippen LogP contribution in [0, 0.1) is 0 Å². The Balaban J connectivity index is 1.53. The highest BCUT2D eigenvalue weighted by molar-refractivity contribution is 7.89. The lowest BCUT2D eigenvalue weighted by atomic mass is 10.1. The zero-order valence-electron chi connectivity index (χ0n) is 17.3. The lowest BCUT2D eigenvalue weighted by Crippen LogP contribution is -2.50. The van der Waals surface area contributed by atoms with Gasteiger partial charge in [0.05, 0.1) is 4.90 Å². The van der Waals surface area contributed by atoms with E-state index in [1.54, 1.807) is 28.4 Å². The van der Waals surface area contributed by atoms with Crippen molar-refractivity contribution in [1.82, 2.24) is 14.9 Å². The molecular formula is C21H26ClN3O4S2. The van der Waals surface area contributed by atoms with E-state index in [0.717, 1.165) is 12.8 Å². The molecule has 1 aromatic heterocycles. The first-order chi connectivity index (χ1) is 14.8. The maximum atomic E-state index is 13.0. The number of hydrogen-bond donors (Lipinski definition) is 2. The molecule has 0 radical (unpaired) electrons. The third-order valence-corrected chi connectivity index (χ3v) is 7.80. The molecule has 0 spiro atoms. The minimum atomic E-state index is -3.76. The van der Waals surface area contributed by atoms with E-state index in [1.807, 2.05) is 18.4 Å². The molecule has 2 heterocycles. The van der Waals surface area contributed by atoms with Crippen molar-refractivity contribution in [3.05, 3.63) is 51.2 Å². The number of rotatable bonds is 9. The number of carbonyl (C=O) groups is 2. The number of sulfonamides is 1. The highest BCUT2D eigenvalue weighted by Gasteiger charge is 2.28. The maximum Gasteiger partial charge on any atom is 0.245 e. The summed E-state index contributed by atoms with van der Waals surface area (Å²) in [6, 6.07) is 7.34. The van der Waals surface area contributed by atoms with Crippen LogP contribution in [0.3, 0.4) is 0 Å². The molecule has 0 saturated heterocycles. The lowest BCUT2D eigenvalue weighted by molar-refractivity contribution is -0.137. The molecule has 2 amide bonds. The van der Waals surface area contributed by atoms with Gasteiger partial charge in [-0.15, -0.1) is 11.3 Å². The second kappa shape index (κ2) is 10.6. The van der Waals surface area contributed by atoms with Crippen LogP contribution in [0.2, 0.25) is 5.02 Å². The number of nitrogens with zero attached hydrogens (tertiary/aromatic N) is 1. The highest BCUT2D eigenvalue weighted by atomic mass is 35.5. The van der Waals surface area contributed by atoms with Crippen molar-refractivity contribution in [2.75, 3.05) is 13.1 Å². The van der Waals surface area contributed by atoms with Gasteiger partial charge >= 0.3 is 0 Å². The van der Waals surface area contributed by atoms with Gasteiger partial charge in [-0.2, -0.15) is 0 Å². The molecule has 168 valence electrons. The summed E-state index contributed by atoms with van der Waals surface area (Å²) in [7, 11) is -3.76. The minimum Gasteiger partial charge on any atom is -0.344 e. The summed E-state index contributed by atoms with van der Waals surface area (Å²) in [4.78, 5) is 28.5. The number of amides is 2. The number of nitrogens with one attached hydrogen (secondary N) is 2. The van der Waals surface area contributed by atoms with E-state index >= 15 is 0 Å². The summed E-state index contributed by atoms with van der Waals surface area (Å²) < 4.78 is 27.0. The summed E-state index contributed by atoms with van der Waals surface area (Å²) in [5, 5.41) is 5.13. The van der Waals surface area contributed by atoms with Gasteiger partial charge in [0, 0.05) is 36.0 Å². The fraction of sp³-hybridized carbons (Fsp3) is 0.429. The quantitative estimate of drug-likeness (QED) is 0.573. The Bertz CT molecular complexity index is 1040. The molecule has 0 fully saturated rings. The second-order valence-electron chi connectivity index (χ2n) is 7.39. The Hall–Kier alpha value is -1.94. The monoisotopic (exact) mass is 483 g/mol. The Kier molecular flexibility index (Phi) is 8.10. The normalized spacial score (nSPS) is 14.7. The summed E-state index contributed by atoms with van der Waals surface area (Å²) in [6.45, 7) is 3.09. The molecular weight excluding hydrogens is 458 g/mol. The van der Waals surface area contributed by atoms with Gasteiger partial charge in [-0.25, -0.2) is 13.1 Å². The average molecular weight is 484 g/mol. The fourth-order valence-electron chi connectivity index (χ4n) is 3.49. The molecule has 7 nitrogen and oxygen atoms in total. The summed E-state index contributed by atoms with van der Waals surface area (Å²) in [5.41, 5.74) is 1.17. The first-order valence-electron chi connectivity index (χ1n) is 10.2. The van der Waals surface area contributed by atoms with E-state index in [2.05, 4.69) is 10.0 Å². The van der Waals surface area contributed by atoms with E-state index in [9.17, 15) is 18.0 Å². The van der Waals surface area contributed by atoms with Crippen LogP contribution >= 0.6 is 22.9 Å². The molecule has 2 aromatic rings. The SMILES string of the molecule is CCCC(NC(=O)CCNS(=O)(=O)c1cccc(Cl)c1)C(=O)N1CCc2sccc2C1. The van der Waals surface area contributed by atoms with Gasteiger partial charge in [0.1, 0.15) is 6.04 Å². The molecule has 3 rings (SSSR count). The van der Waals surface area contributed by atoms with Crippen molar-refractivity contribution >= 4 is 44.8 Å². The van der Waals surface area contributed by atoms with Gasteiger partial charge in [-0.05, 0) is 48.1 Å². The van der Waals surface area contributed by atoms with Crippen molar-refractivity contribution in [3.63, 3.8) is 0 Å². The van der Waals surface area contributed by atoms with E-state index in [4.69, 9.17) is 11.6 Å². The fourth-order valence-corrected chi connectivity index (χ4v) is 5.71. The number of fused-ring (bicyclic) bond motifs is 1. The van der Waals surface area contributed by atoms with Crippen molar-refractivity contribution in [1.29, 1.82) is 0 Å². The van der Waals surface area contributed by atoms with Gasteiger partial charge < -0.3 is 10.2 Å². The van der Waals surface area contributed by atoms with Crippen LogP contribution in [0.25, 0.3) is 0 Å². The maximum absolute atomic E-state index is 13.0. The Morgan fingerprint density at radius 3 is 2.84 bits per heavy atom. The van der Waals surface area contributed by atoms with E-state index < -0.39 is 16.1 Å².